The van der Waals surface area contributed by atoms with E-state index in [9.17, 15) is 4.79 Å². The summed E-state index contributed by atoms with van der Waals surface area (Å²) in [7, 11) is 1.89. The van der Waals surface area contributed by atoms with Crippen LogP contribution in [0, 0.1) is 0 Å². The number of nitrogens with one attached hydrogen (secondary N) is 2. The van der Waals surface area contributed by atoms with Crippen LogP contribution in [0.2, 0.25) is 0 Å². The molecule has 2 rings (SSSR count). The van der Waals surface area contributed by atoms with Gasteiger partial charge < -0.3 is 15.5 Å². The highest BCUT2D eigenvalue weighted by Gasteiger charge is 2.22. The largest absolute Gasteiger partial charge is 0.335 e. The summed E-state index contributed by atoms with van der Waals surface area (Å²) in [6.07, 6.45) is 7.27. The highest BCUT2D eigenvalue weighted by molar-refractivity contribution is 5.74. The Hall–Kier alpha value is -0.770. The van der Waals surface area contributed by atoms with E-state index in [2.05, 4.69) is 10.6 Å². The van der Waals surface area contributed by atoms with Gasteiger partial charge in [0.25, 0.3) is 0 Å². The summed E-state index contributed by atoms with van der Waals surface area (Å²) < 4.78 is 0. The minimum absolute atomic E-state index is 0.0978. The summed E-state index contributed by atoms with van der Waals surface area (Å²) in [5.41, 5.74) is 0. The number of carbonyl (C=O) groups excluding carboxylic acids is 1. The normalized spacial score (nSPS) is 25.9. The van der Waals surface area contributed by atoms with Gasteiger partial charge in [-0.05, 0) is 32.2 Å². The van der Waals surface area contributed by atoms with Crippen molar-refractivity contribution >= 4 is 6.03 Å². The summed E-state index contributed by atoms with van der Waals surface area (Å²) in [4.78, 5) is 13.7. The first-order valence-corrected chi connectivity index (χ1v) is 6.51. The number of carbonyl (C=O) groups is 1. The third-order valence-electron chi connectivity index (χ3n) is 3.69. The summed E-state index contributed by atoms with van der Waals surface area (Å²) in [6.45, 7) is 1.93. The highest BCUT2D eigenvalue weighted by Crippen LogP contribution is 2.17. The lowest BCUT2D eigenvalue weighted by molar-refractivity contribution is 0.200. The molecule has 1 aliphatic carbocycles. The van der Waals surface area contributed by atoms with Gasteiger partial charge in [-0.25, -0.2) is 4.79 Å². The van der Waals surface area contributed by atoms with Crippen molar-refractivity contribution in [3.63, 3.8) is 0 Å². The Labute approximate surface area is 97.8 Å². The number of likely N-dealkylation sites (N-methyl/N-ethyl adjacent to an activating group) is 1. The Balaban J connectivity index is 1.70. The molecule has 0 aromatic rings. The van der Waals surface area contributed by atoms with E-state index in [0.717, 1.165) is 25.9 Å². The molecule has 4 nitrogen and oxygen atoms in total. The number of hydrogen-bond donors (Lipinski definition) is 2. The van der Waals surface area contributed by atoms with E-state index in [1.165, 1.54) is 25.7 Å². The molecule has 2 N–H and O–H groups in total. The fourth-order valence-electron chi connectivity index (χ4n) is 2.68. The summed E-state index contributed by atoms with van der Waals surface area (Å²) >= 11 is 0. The summed E-state index contributed by atoms with van der Waals surface area (Å²) in [5.74, 6) is 0. The molecular formula is C12H23N3O. The van der Waals surface area contributed by atoms with Crippen molar-refractivity contribution in [2.45, 2.75) is 50.6 Å². The van der Waals surface area contributed by atoms with Gasteiger partial charge >= 0.3 is 6.03 Å². The lowest BCUT2D eigenvalue weighted by Gasteiger charge is -2.23. The van der Waals surface area contributed by atoms with Crippen molar-refractivity contribution in [1.82, 2.24) is 15.5 Å². The molecule has 0 spiro atoms. The van der Waals surface area contributed by atoms with Crippen LogP contribution < -0.4 is 10.6 Å². The number of urea groups is 1. The summed E-state index contributed by atoms with van der Waals surface area (Å²) in [5, 5.41) is 6.53. The molecule has 0 aromatic carbocycles. The minimum atomic E-state index is 0.0978. The monoisotopic (exact) mass is 225 g/mol. The zero-order chi connectivity index (χ0) is 11.4. The van der Waals surface area contributed by atoms with E-state index in [1.807, 2.05) is 11.9 Å². The van der Waals surface area contributed by atoms with Gasteiger partial charge in [0.15, 0.2) is 0 Å². The van der Waals surface area contributed by atoms with E-state index >= 15 is 0 Å². The van der Waals surface area contributed by atoms with Crippen LogP contribution in [0.15, 0.2) is 0 Å². The standard InChI is InChI=1S/C12H23N3O/c1-15(9-11-7-4-8-13-11)12(16)14-10-5-2-3-6-10/h10-11,13H,2-9H2,1H3,(H,14,16). The second-order valence-corrected chi connectivity index (χ2v) is 5.10. The van der Waals surface area contributed by atoms with E-state index < -0.39 is 0 Å². The first-order valence-electron chi connectivity index (χ1n) is 6.51. The Kier molecular flexibility index (Phi) is 4.04. The quantitative estimate of drug-likeness (QED) is 0.761. The minimum Gasteiger partial charge on any atom is -0.335 e. The zero-order valence-corrected chi connectivity index (χ0v) is 10.2. The van der Waals surface area contributed by atoms with Gasteiger partial charge in [-0.1, -0.05) is 12.8 Å². The van der Waals surface area contributed by atoms with Crippen LogP contribution in [-0.4, -0.2) is 43.2 Å². The maximum absolute atomic E-state index is 11.9. The van der Waals surface area contributed by atoms with Gasteiger partial charge in [-0.3, -0.25) is 0 Å². The van der Waals surface area contributed by atoms with Crippen molar-refractivity contribution in [3.8, 4) is 0 Å². The molecule has 0 radical (unpaired) electrons. The van der Waals surface area contributed by atoms with E-state index in [1.54, 1.807) is 0 Å². The fraction of sp³-hybridized carbons (Fsp3) is 0.917. The van der Waals surface area contributed by atoms with Crippen LogP contribution in [-0.2, 0) is 0 Å². The van der Waals surface area contributed by atoms with Gasteiger partial charge in [0, 0.05) is 25.7 Å². The van der Waals surface area contributed by atoms with Gasteiger partial charge in [-0.15, -0.1) is 0 Å². The molecule has 16 heavy (non-hydrogen) atoms. The maximum atomic E-state index is 11.9. The van der Waals surface area contributed by atoms with Crippen LogP contribution in [0.3, 0.4) is 0 Å². The van der Waals surface area contributed by atoms with Crippen LogP contribution in [0.25, 0.3) is 0 Å². The van der Waals surface area contributed by atoms with Gasteiger partial charge in [0.2, 0.25) is 0 Å². The molecule has 0 bridgehead atoms. The molecule has 1 saturated heterocycles. The molecular weight excluding hydrogens is 202 g/mol. The number of rotatable bonds is 3. The van der Waals surface area contributed by atoms with Crippen molar-refractivity contribution in [3.05, 3.63) is 0 Å². The molecule has 1 heterocycles. The molecule has 0 aromatic heterocycles. The average Bonchev–Trinajstić information content (AvgIpc) is 2.90. The van der Waals surface area contributed by atoms with E-state index in [-0.39, 0.29) is 6.03 Å². The third kappa shape index (κ3) is 3.11. The van der Waals surface area contributed by atoms with E-state index in [0.29, 0.717) is 12.1 Å². The third-order valence-corrected chi connectivity index (χ3v) is 3.69. The SMILES string of the molecule is CN(CC1CCCN1)C(=O)NC1CCCC1. The Morgan fingerprint density at radius 3 is 2.69 bits per heavy atom. The number of amides is 2. The second kappa shape index (κ2) is 5.53. The molecule has 92 valence electrons. The van der Waals surface area contributed by atoms with Crippen molar-refractivity contribution in [2.75, 3.05) is 20.1 Å². The average molecular weight is 225 g/mol. The molecule has 4 heteroatoms. The Bertz CT molecular complexity index is 232. The van der Waals surface area contributed by atoms with Crippen LogP contribution >= 0.6 is 0 Å². The van der Waals surface area contributed by atoms with Gasteiger partial charge in [0.1, 0.15) is 0 Å². The summed E-state index contributed by atoms with van der Waals surface area (Å²) in [6, 6.07) is 1.02. The van der Waals surface area contributed by atoms with Gasteiger partial charge in [0.05, 0.1) is 0 Å². The Morgan fingerprint density at radius 2 is 2.06 bits per heavy atom. The molecule has 2 fully saturated rings. The van der Waals surface area contributed by atoms with Crippen molar-refractivity contribution < 1.29 is 4.79 Å². The number of nitrogens with zero attached hydrogens (tertiary/aromatic N) is 1. The maximum Gasteiger partial charge on any atom is 0.317 e. The van der Waals surface area contributed by atoms with Crippen LogP contribution in [0.1, 0.15) is 38.5 Å². The highest BCUT2D eigenvalue weighted by atomic mass is 16.2. The van der Waals surface area contributed by atoms with Crippen molar-refractivity contribution in [2.24, 2.45) is 0 Å². The molecule has 2 aliphatic rings. The first-order chi connectivity index (χ1) is 7.75. The molecule has 1 unspecified atom stereocenters. The van der Waals surface area contributed by atoms with E-state index in [4.69, 9.17) is 0 Å². The predicted octanol–water partition coefficient (Wildman–Crippen LogP) is 1.32. The molecule has 1 atom stereocenters. The molecule has 1 saturated carbocycles. The predicted molar refractivity (Wildman–Crippen MR) is 64.4 cm³/mol. The first kappa shape index (κ1) is 11.7. The zero-order valence-electron chi connectivity index (χ0n) is 10.2. The topological polar surface area (TPSA) is 44.4 Å². The fourth-order valence-corrected chi connectivity index (χ4v) is 2.68. The number of hydrogen-bond acceptors (Lipinski definition) is 2. The van der Waals surface area contributed by atoms with Crippen LogP contribution in [0.5, 0.6) is 0 Å². The van der Waals surface area contributed by atoms with Crippen LogP contribution in [0.4, 0.5) is 4.79 Å². The molecule has 2 amide bonds. The second-order valence-electron chi connectivity index (χ2n) is 5.10. The molecule has 1 aliphatic heterocycles. The van der Waals surface area contributed by atoms with Gasteiger partial charge in [-0.2, -0.15) is 0 Å². The smallest absolute Gasteiger partial charge is 0.317 e. The Morgan fingerprint density at radius 1 is 1.31 bits per heavy atom. The lowest BCUT2D eigenvalue weighted by atomic mass is 10.2. The lowest BCUT2D eigenvalue weighted by Crippen LogP contribution is -2.46. The van der Waals surface area contributed by atoms with Crippen molar-refractivity contribution in [1.29, 1.82) is 0 Å².